The molecule has 0 heterocycles. The predicted octanol–water partition coefficient (Wildman–Crippen LogP) is -0.105. The quantitative estimate of drug-likeness (QED) is 0.448. The largest absolute Gasteiger partial charge is 0.707 e. The first-order chi connectivity index (χ1) is 6.00. The van der Waals surface area contributed by atoms with Gasteiger partial charge in [-0.15, -0.1) is 0 Å². The zero-order valence-electron chi connectivity index (χ0n) is 6.37. The highest BCUT2D eigenvalue weighted by Crippen LogP contribution is 2.24. The van der Waals surface area contributed by atoms with Crippen molar-refractivity contribution in [3.05, 3.63) is 23.8 Å². The normalized spacial score (nSPS) is 9.85. The van der Waals surface area contributed by atoms with Crippen molar-refractivity contribution in [2.75, 3.05) is 5.73 Å². The number of nitrogens with two attached hydrogens (primary N) is 1. The lowest BCUT2D eigenvalue weighted by Crippen LogP contribution is -2.21. The van der Waals surface area contributed by atoms with Crippen LogP contribution in [0.3, 0.4) is 0 Å². The van der Waals surface area contributed by atoms with Crippen LogP contribution in [0.25, 0.3) is 0 Å². The monoisotopic (exact) mass is 189 g/mol. The summed E-state index contributed by atoms with van der Waals surface area (Å²) < 4.78 is 29.3. The smallest absolute Gasteiger partial charge is 0.510 e. The van der Waals surface area contributed by atoms with Gasteiger partial charge in [-0.2, -0.15) is 0 Å². The molecule has 70 valence electrons. The molecule has 0 amide bonds. The molecule has 0 aliphatic rings. The zero-order chi connectivity index (χ0) is 10.0. The van der Waals surface area contributed by atoms with Gasteiger partial charge in [0, 0.05) is 12.1 Å². The summed E-state index contributed by atoms with van der Waals surface area (Å²) in [5, 5.41) is 16.7. The van der Waals surface area contributed by atoms with Gasteiger partial charge in [0.1, 0.15) is 5.75 Å². The number of hydrogen-bond donors (Lipinski definition) is 3. The van der Waals surface area contributed by atoms with Gasteiger partial charge in [0.15, 0.2) is 11.6 Å². The lowest BCUT2D eigenvalue weighted by Gasteiger charge is -2.07. The van der Waals surface area contributed by atoms with Crippen molar-refractivity contribution in [3.8, 4) is 5.75 Å². The van der Waals surface area contributed by atoms with E-state index in [1.165, 1.54) is 0 Å². The Hall–Kier alpha value is -1.34. The van der Waals surface area contributed by atoms with E-state index in [0.29, 0.717) is 12.1 Å². The number of anilines is 1. The Morgan fingerprint density at radius 3 is 2.31 bits per heavy atom. The molecule has 1 rings (SSSR count). The van der Waals surface area contributed by atoms with Crippen molar-refractivity contribution in [2.45, 2.75) is 0 Å². The summed E-state index contributed by atoms with van der Waals surface area (Å²) in [5.41, 5.74) is 4.97. The maximum absolute atomic E-state index is 12.5. The first kappa shape index (κ1) is 9.75. The van der Waals surface area contributed by atoms with Crippen LogP contribution in [-0.4, -0.2) is 17.4 Å². The van der Waals surface area contributed by atoms with E-state index < -0.39 is 19.0 Å². The van der Waals surface area contributed by atoms with Gasteiger partial charge in [0.2, 0.25) is 0 Å². The average molecular weight is 189 g/mol. The highest BCUT2D eigenvalue weighted by Gasteiger charge is 2.15. The Morgan fingerprint density at radius 2 is 1.77 bits per heavy atom. The van der Waals surface area contributed by atoms with E-state index >= 15 is 0 Å². The average Bonchev–Trinajstić information content (AvgIpc) is 1.99. The molecule has 4 nitrogen and oxygen atoms in total. The summed E-state index contributed by atoms with van der Waals surface area (Å²) in [5.74, 6) is -2.63. The summed E-state index contributed by atoms with van der Waals surface area (Å²) in [6.07, 6.45) is 0. The molecule has 0 spiro atoms. The maximum Gasteiger partial charge on any atom is 0.707 e. The van der Waals surface area contributed by atoms with Gasteiger partial charge in [0.25, 0.3) is 0 Å². The highest BCUT2D eigenvalue weighted by molar-refractivity contribution is 6.33. The summed E-state index contributed by atoms with van der Waals surface area (Å²) >= 11 is 0. The topological polar surface area (TPSA) is 75.7 Å². The van der Waals surface area contributed by atoms with E-state index in [2.05, 4.69) is 4.65 Å². The van der Waals surface area contributed by atoms with Crippen molar-refractivity contribution in [3.63, 3.8) is 0 Å². The second kappa shape index (κ2) is 3.59. The van der Waals surface area contributed by atoms with E-state index in [0.717, 1.165) is 0 Å². The molecule has 1 aromatic carbocycles. The Balaban J connectivity index is 3.01. The second-order valence-electron chi connectivity index (χ2n) is 2.25. The molecule has 0 aromatic heterocycles. The van der Waals surface area contributed by atoms with Crippen LogP contribution in [0.2, 0.25) is 0 Å². The molecule has 0 bridgehead atoms. The molecule has 0 fully saturated rings. The molecule has 13 heavy (non-hydrogen) atoms. The van der Waals surface area contributed by atoms with Crippen LogP contribution in [-0.2, 0) is 0 Å². The fraction of sp³-hybridized carbons (Fsp3) is 0. The van der Waals surface area contributed by atoms with Crippen molar-refractivity contribution >= 4 is 13.0 Å². The lowest BCUT2D eigenvalue weighted by atomic mass is 10.2. The van der Waals surface area contributed by atoms with Gasteiger partial charge in [-0.05, 0) is 0 Å². The molecule has 0 radical (unpaired) electrons. The Bertz CT molecular complexity index is 321. The third kappa shape index (κ3) is 2.30. The minimum absolute atomic E-state index is 0.216. The van der Waals surface area contributed by atoms with Crippen LogP contribution in [0, 0.1) is 11.6 Å². The van der Waals surface area contributed by atoms with E-state index in [1.54, 1.807) is 0 Å². The van der Waals surface area contributed by atoms with Crippen molar-refractivity contribution in [2.24, 2.45) is 0 Å². The second-order valence-corrected chi connectivity index (χ2v) is 2.25. The summed E-state index contributed by atoms with van der Waals surface area (Å²) in [4.78, 5) is 0. The molecule has 0 saturated heterocycles. The summed E-state index contributed by atoms with van der Waals surface area (Å²) in [7, 11) is -2.12. The first-order valence-electron chi connectivity index (χ1n) is 3.28. The van der Waals surface area contributed by atoms with Gasteiger partial charge in [-0.3, -0.25) is 0 Å². The first-order valence-corrected chi connectivity index (χ1v) is 3.28. The predicted molar refractivity (Wildman–Crippen MR) is 41.6 cm³/mol. The van der Waals surface area contributed by atoms with Crippen LogP contribution < -0.4 is 10.4 Å². The Labute approximate surface area is 72.7 Å². The number of nitrogen functional groups attached to an aromatic ring is 1. The number of rotatable bonds is 2. The van der Waals surface area contributed by atoms with Gasteiger partial charge in [0.05, 0.1) is 5.69 Å². The minimum atomic E-state index is -2.12. The summed E-state index contributed by atoms with van der Waals surface area (Å²) in [6, 6.07) is 1.32. The Morgan fingerprint density at radius 1 is 1.23 bits per heavy atom. The zero-order valence-corrected chi connectivity index (χ0v) is 6.37. The molecular formula is C6H6BF2NO3. The number of halogens is 2. The van der Waals surface area contributed by atoms with Crippen LogP contribution in [0.4, 0.5) is 14.5 Å². The molecular weight excluding hydrogens is 183 g/mol. The van der Waals surface area contributed by atoms with Crippen LogP contribution in [0.5, 0.6) is 5.75 Å². The van der Waals surface area contributed by atoms with Crippen molar-refractivity contribution < 1.29 is 23.5 Å². The highest BCUT2D eigenvalue weighted by atomic mass is 19.2. The third-order valence-corrected chi connectivity index (χ3v) is 1.29. The van der Waals surface area contributed by atoms with Gasteiger partial charge < -0.3 is 20.4 Å². The number of benzene rings is 1. The minimum Gasteiger partial charge on any atom is -0.510 e. The van der Waals surface area contributed by atoms with E-state index in [9.17, 15) is 8.78 Å². The molecule has 0 aliphatic carbocycles. The molecule has 0 aliphatic heterocycles. The molecule has 0 unspecified atom stereocenters. The number of hydrogen-bond acceptors (Lipinski definition) is 4. The standard InChI is InChI=1S/C6H6BF2NO3/c8-3-1-5(10)6(2-4(3)9)13-7(11)12/h1-2,11-12H,10H2. The SMILES string of the molecule is Nc1cc(F)c(F)cc1OB(O)O. The third-order valence-electron chi connectivity index (χ3n) is 1.29. The van der Waals surface area contributed by atoms with E-state index in [-0.39, 0.29) is 11.4 Å². The van der Waals surface area contributed by atoms with Gasteiger partial charge in [-0.25, -0.2) is 8.78 Å². The fourth-order valence-electron chi connectivity index (χ4n) is 0.760. The van der Waals surface area contributed by atoms with E-state index in [1.807, 2.05) is 0 Å². The van der Waals surface area contributed by atoms with E-state index in [4.69, 9.17) is 15.8 Å². The molecule has 1 aromatic rings. The molecule has 7 heteroatoms. The van der Waals surface area contributed by atoms with Gasteiger partial charge >= 0.3 is 7.32 Å². The van der Waals surface area contributed by atoms with Crippen LogP contribution in [0.1, 0.15) is 0 Å². The van der Waals surface area contributed by atoms with Crippen molar-refractivity contribution in [1.82, 2.24) is 0 Å². The maximum atomic E-state index is 12.5. The fourth-order valence-corrected chi connectivity index (χ4v) is 0.760. The molecule has 4 N–H and O–H groups in total. The van der Waals surface area contributed by atoms with Gasteiger partial charge in [-0.1, -0.05) is 0 Å². The van der Waals surface area contributed by atoms with Crippen LogP contribution in [0.15, 0.2) is 12.1 Å². The van der Waals surface area contributed by atoms with Crippen LogP contribution >= 0.6 is 0 Å². The lowest BCUT2D eigenvalue weighted by molar-refractivity contribution is 0.288. The van der Waals surface area contributed by atoms with Crippen molar-refractivity contribution in [1.29, 1.82) is 0 Å². The molecule has 0 atom stereocenters. The Kier molecular flexibility index (Phi) is 2.69. The summed E-state index contributed by atoms with van der Waals surface area (Å²) in [6.45, 7) is 0. The molecule has 0 saturated carbocycles.